The zero-order chi connectivity index (χ0) is 20.7. The zero-order valence-corrected chi connectivity index (χ0v) is 17.3. The van der Waals surface area contributed by atoms with E-state index in [9.17, 15) is 4.79 Å². The van der Waals surface area contributed by atoms with Gasteiger partial charge in [-0.1, -0.05) is 25.1 Å². The Bertz CT molecular complexity index is 1040. The molecule has 8 heteroatoms. The third-order valence-corrected chi connectivity index (χ3v) is 6.16. The van der Waals surface area contributed by atoms with Crippen LogP contribution in [0, 0.1) is 11.8 Å². The van der Waals surface area contributed by atoms with Gasteiger partial charge in [0.1, 0.15) is 11.6 Å². The van der Waals surface area contributed by atoms with Crippen LogP contribution in [-0.2, 0) is 11.2 Å². The predicted molar refractivity (Wildman–Crippen MR) is 112 cm³/mol. The lowest BCUT2D eigenvalue weighted by molar-refractivity contribution is -0.137. The number of aryl methyl sites for hydroxylation is 1. The van der Waals surface area contributed by atoms with E-state index in [1.165, 1.54) is 0 Å². The standard InChI is InChI=1S/C22H26N6O2/c1-3-19-23-24-20-9-10-21(25-28(19)20)26-11-16-13-27(14-17(16)12-26)22(29)15(2)30-18-7-5-4-6-8-18/h4-10,15-17H,3,11-14H2,1-2H3. The van der Waals surface area contributed by atoms with Gasteiger partial charge in [0.25, 0.3) is 5.91 Å². The van der Waals surface area contributed by atoms with E-state index < -0.39 is 6.10 Å². The van der Waals surface area contributed by atoms with Gasteiger partial charge in [0.15, 0.2) is 17.6 Å². The van der Waals surface area contributed by atoms with Crippen molar-refractivity contribution in [2.24, 2.45) is 11.8 Å². The van der Waals surface area contributed by atoms with E-state index in [-0.39, 0.29) is 5.91 Å². The molecule has 2 aliphatic heterocycles. The van der Waals surface area contributed by atoms with Crippen molar-refractivity contribution >= 4 is 17.4 Å². The van der Waals surface area contributed by atoms with Crippen LogP contribution in [0.3, 0.4) is 0 Å². The third-order valence-electron chi connectivity index (χ3n) is 6.16. The van der Waals surface area contributed by atoms with Crippen LogP contribution in [0.25, 0.3) is 5.65 Å². The molecule has 1 aromatic carbocycles. The number of para-hydroxylation sites is 1. The van der Waals surface area contributed by atoms with Crippen LogP contribution in [0.15, 0.2) is 42.5 Å². The summed E-state index contributed by atoms with van der Waals surface area (Å²) >= 11 is 0. The number of carbonyl (C=O) groups excluding carboxylic acids is 1. The van der Waals surface area contributed by atoms with Crippen molar-refractivity contribution in [2.75, 3.05) is 31.1 Å². The number of hydrogen-bond acceptors (Lipinski definition) is 6. The van der Waals surface area contributed by atoms with Crippen LogP contribution in [-0.4, -0.2) is 62.9 Å². The molecule has 0 radical (unpaired) electrons. The van der Waals surface area contributed by atoms with Gasteiger partial charge in [0.05, 0.1) is 0 Å². The van der Waals surface area contributed by atoms with Gasteiger partial charge in [-0.2, -0.15) is 4.52 Å². The average molecular weight is 406 g/mol. The molecule has 2 fully saturated rings. The second-order valence-corrected chi connectivity index (χ2v) is 8.17. The third kappa shape index (κ3) is 3.36. The Labute approximate surface area is 175 Å². The number of ether oxygens (including phenoxy) is 1. The fourth-order valence-corrected chi connectivity index (χ4v) is 4.58. The molecule has 5 rings (SSSR count). The Hall–Kier alpha value is -3.16. The minimum absolute atomic E-state index is 0.0661. The highest BCUT2D eigenvalue weighted by molar-refractivity contribution is 5.81. The lowest BCUT2D eigenvalue weighted by Crippen LogP contribution is -2.41. The number of anilines is 1. The molecule has 0 bridgehead atoms. The predicted octanol–water partition coefficient (Wildman–Crippen LogP) is 2.05. The zero-order valence-electron chi connectivity index (χ0n) is 17.3. The quantitative estimate of drug-likeness (QED) is 0.646. The molecule has 4 heterocycles. The molecule has 3 unspecified atom stereocenters. The summed E-state index contributed by atoms with van der Waals surface area (Å²) < 4.78 is 7.67. The maximum atomic E-state index is 12.9. The number of benzene rings is 1. The number of carbonyl (C=O) groups is 1. The molecule has 2 aliphatic rings. The van der Waals surface area contributed by atoms with Crippen LogP contribution < -0.4 is 9.64 Å². The molecule has 3 atom stereocenters. The van der Waals surface area contributed by atoms with E-state index >= 15 is 0 Å². The Balaban J connectivity index is 1.22. The van der Waals surface area contributed by atoms with Crippen LogP contribution in [0.1, 0.15) is 19.7 Å². The van der Waals surface area contributed by atoms with E-state index in [1.807, 2.05) is 58.8 Å². The van der Waals surface area contributed by atoms with Crippen LogP contribution in [0.2, 0.25) is 0 Å². The monoisotopic (exact) mass is 406 g/mol. The first kappa shape index (κ1) is 18.8. The molecule has 30 heavy (non-hydrogen) atoms. The Morgan fingerprint density at radius 1 is 1.07 bits per heavy atom. The summed E-state index contributed by atoms with van der Waals surface area (Å²) in [6.07, 6.45) is 0.316. The normalized spacial score (nSPS) is 21.8. The Kier molecular flexibility index (Phi) is 4.77. The molecule has 156 valence electrons. The number of likely N-dealkylation sites (tertiary alicyclic amines) is 1. The van der Waals surface area contributed by atoms with Gasteiger partial charge < -0.3 is 14.5 Å². The second-order valence-electron chi connectivity index (χ2n) is 8.17. The summed E-state index contributed by atoms with van der Waals surface area (Å²) in [4.78, 5) is 17.2. The fourth-order valence-electron chi connectivity index (χ4n) is 4.58. The van der Waals surface area contributed by atoms with Crippen molar-refractivity contribution in [3.05, 3.63) is 48.3 Å². The summed E-state index contributed by atoms with van der Waals surface area (Å²) in [5.74, 6) is 3.53. The summed E-state index contributed by atoms with van der Waals surface area (Å²) in [7, 11) is 0. The smallest absolute Gasteiger partial charge is 0.263 e. The number of nitrogens with zero attached hydrogens (tertiary/aromatic N) is 6. The van der Waals surface area contributed by atoms with Crippen molar-refractivity contribution in [3.8, 4) is 5.75 Å². The molecule has 3 aromatic rings. The van der Waals surface area contributed by atoms with Crippen molar-refractivity contribution in [2.45, 2.75) is 26.4 Å². The minimum atomic E-state index is -0.479. The molecule has 0 N–H and O–H groups in total. The molecule has 0 saturated carbocycles. The number of aromatic nitrogens is 4. The van der Waals surface area contributed by atoms with Crippen molar-refractivity contribution in [3.63, 3.8) is 0 Å². The molecule has 2 aromatic heterocycles. The first-order chi connectivity index (χ1) is 14.6. The highest BCUT2D eigenvalue weighted by atomic mass is 16.5. The van der Waals surface area contributed by atoms with E-state index in [0.29, 0.717) is 11.8 Å². The maximum absolute atomic E-state index is 12.9. The molecule has 0 spiro atoms. The van der Waals surface area contributed by atoms with E-state index in [1.54, 1.807) is 0 Å². The first-order valence-electron chi connectivity index (χ1n) is 10.6. The number of rotatable bonds is 5. The van der Waals surface area contributed by atoms with E-state index in [2.05, 4.69) is 22.0 Å². The number of hydrogen-bond donors (Lipinski definition) is 0. The minimum Gasteiger partial charge on any atom is -0.481 e. The largest absolute Gasteiger partial charge is 0.481 e. The van der Waals surface area contributed by atoms with Gasteiger partial charge in [-0.05, 0) is 31.2 Å². The lowest BCUT2D eigenvalue weighted by Gasteiger charge is -2.25. The molecular formula is C22H26N6O2. The van der Waals surface area contributed by atoms with Gasteiger partial charge in [-0.15, -0.1) is 15.3 Å². The summed E-state index contributed by atoms with van der Waals surface area (Å²) in [6, 6.07) is 13.5. The van der Waals surface area contributed by atoms with Gasteiger partial charge >= 0.3 is 0 Å². The Morgan fingerprint density at radius 2 is 1.80 bits per heavy atom. The summed E-state index contributed by atoms with van der Waals surface area (Å²) in [5.41, 5.74) is 0.777. The van der Waals surface area contributed by atoms with Crippen LogP contribution in [0.5, 0.6) is 5.75 Å². The number of amides is 1. The van der Waals surface area contributed by atoms with Crippen molar-refractivity contribution < 1.29 is 9.53 Å². The SMILES string of the molecule is CCc1nnc2ccc(N3CC4CN(C(=O)C(C)Oc5ccccc5)CC4C3)nn12. The average Bonchev–Trinajstić information content (AvgIpc) is 3.46. The second kappa shape index (κ2) is 7.59. The maximum Gasteiger partial charge on any atom is 0.263 e. The van der Waals surface area contributed by atoms with Crippen LogP contribution >= 0.6 is 0 Å². The summed E-state index contributed by atoms with van der Waals surface area (Å²) in [6.45, 7) is 7.25. The van der Waals surface area contributed by atoms with Crippen LogP contribution in [0.4, 0.5) is 5.82 Å². The number of fused-ring (bicyclic) bond motifs is 2. The topological polar surface area (TPSA) is 75.9 Å². The summed E-state index contributed by atoms with van der Waals surface area (Å²) in [5, 5.41) is 13.1. The van der Waals surface area contributed by atoms with Gasteiger partial charge in [-0.25, -0.2) is 0 Å². The van der Waals surface area contributed by atoms with Gasteiger partial charge in [0.2, 0.25) is 0 Å². The first-order valence-corrected chi connectivity index (χ1v) is 10.6. The molecule has 0 aliphatic carbocycles. The van der Waals surface area contributed by atoms with Crippen molar-refractivity contribution in [1.82, 2.24) is 24.7 Å². The van der Waals surface area contributed by atoms with Gasteiger partial charge in [-0.3, -0.25) is 4.79 Å². The lowest BCUT2D eigenvalue weighted by atomic mass is 10.0. The highest BCUT2D eigenvalue weighted by Gasteiger charge is 2.43. The highest BCUT2D eigenvalue weighted by Crippen LogP contribution is 2.33. The molecule has 8 nitrogen and oxygen atoms in total. The Morgan fingerprint density at radius 3 is 2.50 bits per heavy atom. The molecule has 2 saturated heterocycles. The molecular weight excluding hydrogens is 380 g/mol. The fraction of sp³-hybridized carbons (Fsp3) is 0.455. The van der Waals surface area contributed by atoms with E-state index in [4.69, 9.17) is 9.84 Å². The van der Waals surface area contributed by atoms with E-state index in [0.717, 1.165) is 55.6 Å². The van der Waals surface area contributed by atoms with Crippen molar-refractivity contribution in [1.29, 1.82) is 0 Å². The van der Waals surface area contributed by atoms with Gasteiger partial charge in [0, 0.05) is 44.4 Å². The molecule has 1 amide bonds.